The number of anilines is 1. The minimum absolute atomic E-state index is 0.0463. The molecule has 0 spiro atoms. The predicted octanol–water partition coefficient (Wildman–Crippen LogP) is 4.71. The molecule has 0 aliphatic rings. The van der Waals surface area contributed by atoms with Crippen molar-refractivity contribution in [3.63, 3.8) is 0 Å². The second-order valence-electron chi connectivity index (χ2n) is 6.45. The highest BCUT2D eigenvalue weighted by Crippen LogP contribution is 2.38. The molecule has 0 bridgehead atoms. The van der Waals surface area contributed by atoms with Crippen LogP contribution in [0.25, 0.3) is 11.3 Å². The molecule has 0 unspecified atom stereocenters. The number of hydrogen-bond acceptors (Lipinski definition) is 4. The summed E-state index contributed by atoms with van der Waals surface area (Å²) in [7, 11) is 0. The Labute approximate surface area is 170 Å². The first-order chi connectivity index (χ1) is 14.4. The van der Waals surface area contributed by atoms with E-state index in [2.05, 4.69) is 20.4 Å². The number of rotatable bonds is 5. The molecule has 7 nitrogen and oxygen atoms in total. The van der Waals surface area contributed by atoms with Crippen LogP contribution < -0.4 is 10.1 Å². The molecule has 0 saturated heterocycles. The molecule has 1 aromatic carbocycles. The number of para-hydroxylation sites is 1. The Hall–Kier alpha value is -3.51. The predicted molar refractivity (Wildman–Crippen MR) is 96.4 cm³/mol. The Balaban J connectivity index is 2.06. The lowest BCUT2D eigenvalue weighted by Gasteiger charge is -2.21. The van der Waals surface area contributed by atoms with Gasteiger partial charge in [0.2, 0.25) is 0 Å². The molecule has 3 aromatic rings. The summed E-state index contributed by atoms with van der Waals surface area (Å²) in [4.78, 5) is 19.4. The van der Waals surface area contributed by atoms with Crippen molar-refractivity contribution in [2.45, 2.75) is 32.3 Å². The molecule has 3 N–H and O–H groups in total. The van der Waals surface area contributed by atoms with Gasteiger partial charge in [0.1, 0.15) is 5.75 Å². The van der Waals surface area contributed by atoms with E-state index >= 15 is 0 Å². The van der Waals surface area contributed by atoms with Crippen molar-refractivity contribution in [2.24, 2.45) is 0 Å². The molecule has 2 heterocycles. The van der Waals surface area contributed by atoms with E-state index in [-0.39, 0.29) is 17.0 Å². The first-order valence-corrected chi connectivity index (χ1v) is 8.68. The zero-order valence-corrected chi connectivity index (χ0v) is 15.9. The second-order valence-corrected chi connectivity index (χ2v) is 6.45. The van der Waals surface area contributed by atoms with E-state index in [4.69, 9.17) is 4.74 Å². The van der Waals surface area contributed by atoms with Gasteiger partial charge in [-0.15, -0.1) is 0 Å². The topological polar surface area (TPSA) is 95.7 Å². The van der Waals surface area contributed by atoms with Crippen molar-refractivity contribution >= 4 is 11.6 Å². The molecule has 0 fully saturated rings. The molecule has 1 atom stereocenters. The fraction of sp³-hybridized carbons (Fsp3) is 0.278. The SMILES string of the molecule is Cc1n[nH]c(C(F)(F)F)c1NC(=O)c1cccc(-c2c[nH]cn2)c1O[C@@H](C)C(F)(F)F. The highest BCUT2D eigenvalue weighted by molar-refractivity contribution is 6.08. The molecule has 0 saturated carbocycles. The average Bonchev–Trinajstić information content (AvgIpc) is 3.31. The van der Waals surface area contributed by atoms with Gasteiger partial charge in [0.05, 0.1) is 29.0 Å². The summed E-state index contributed by atoms with van der Waals surface area (Å²) in [6, 6.07) is 3.85. The van der Waals surface area contributed by atoms with Crippen molar-refractivity contribution in [3.8, 4) is 17.0 Å². The first-order valence-electron chi connectivity index (χ1n) is 8.68. The molecular weight excluding hydrogens is 432 g/mol. The molecule has 13 heteroatoms. The summed E-state index contributed by atoms with van der Waals surface area (Å²) < 4.78 is 83.8. The lowest BCUT2D eigenvalue weighted by atomic mass is 10.1. The molecule has 0 aliphatic heterocycles. The summed E-state index contributed by atoms with van der Waals surface area (Å²) in [6.45, 7) is 1.97. The van der Waals surface area contributed by atoms with Gasteiger partial charge in [0, 0.05) is 11.8 Å². The number of aromatic amines is 2. The normalized spacial score (nSPS) is 13.2. The number of hydrogen-bond donors (Lipinski definition) is 3. The Kier molecular flexibility index (Phi) is 5.70. The number of carbonyl (C=O) groups excluding carboxylic acids is 1. The third-order valence-electron chi connectivity index (χ3n) is 4.26. The van der Waals surface area contributed by atoms with E-state index in [1.807, 2.05) is 0 Å². The van der Waals surface area contributed by atoms with Crippen LogP contribution in [0.1, 0.15) is 28.7 Å². The number of H-pyrrole nitrogens is 2. The minimum Gasteiger partial charge on any atom is -0.480 e. The van der Waals surface area contributed by atoms with Gasteiger partial charge in [0.15, 0.2) is 11.8 Å². The molecule has 0 radical (unpaired) electrons. The third kappa shape index (κ3) is 4.64. The van der Waals surface area contributed by atoms with Gasteiger partial charge >= 0.3 is 12.4 Å². The van der Waals surface area contributed by atoms with E-state index < -0.39 is 47.1 Å². The quantitative estimate of drug-likeness (QED) is 0.494. The lowest BCUT2D eigenvalue weighted by Crippen LogP contribution is -2.32. The summed E-state index contributed by atoms with van der Waals surface area (Å²) in [5, 5.41) is 7.29. The van der Waals surface area contributed by atoms with E-state index in [1.54, 1.807) is 5.10 Å². The monoisotopic (exact) mass is 447 g/mol. The fourth-order valence-electron chi connectivity index (χ4n) is 2.67. The van der Waals surface area contributed by atoms with Crippen LogP contribution in [0.4, 0.5) is 32.0 Å². The van der Waals surface area contributed by atoms with Crippen molar-refractivity contribution in [1.82, 2.24) is 20.2 Å². The maximum atomic E-state index is 13.2. The van der Waals surface area contributed by atoms with E-state index in [1.165, 1.54) is 31.6 Å². The Morgan fingerprint density at radius 3 is 2.48 bits per heavy atom. The Morgan fingerprint density at radius 2 is 1.90 bits per heavy atom. The smallest absolute Gasteiger partial charge is 0.434 e. The minimum atomic E-state index is -4.84. The summed E-state index contributed by atoms with van der Waals surface area (Å²) in [5.74, 6) is -1.59. The molecule has 166 valence electrons. The third-order valence-corrected chi connectivity index (χ3v) is 4.26. The van der Waals surface area contributed by atoms with Gasteiger partial charge in [-0.3, -0.25) is 9.89 Å². The van der Waals surface area contributed by atoms with Crippen LogP contribution in [0.15, 0.2) is 30.7 Å². The number of nitrogens with one attached hydrogen (secondary N) is 3. The van der Waals surface area contributed by atoms with E-state index in [0.717, 1.165) is 13.0 Å². The number of ether oxygens (including phenoxy) is 1. The number of amides is 1. The standard InChI is InChI=1S/C18H15F6N5O2/c1-8-13(15(29-28-8)18(22,23)24)27-16(30)11-5-3-4-10(12-6-25-7-26-12)14(11)31-9(2)17(19,20)21/h3-7,9H,1-2H3,(H,25,26)(H,27,30)(H,28,29)/t9-/m0/s1. The van der Waals surface area contributed by atoms with Crippen molar-refractivity contribution in [3.05, 3.63) is 47.7 Å². The zero-order valence-electron chi connectivity index (χ0n) is 15.9. The van der Waals surface area contributed by atoms with Gasteiger partial charge in [0.25, 0.3) is 5.91 Å². The van der Waals surface area contributed by atoms with Crippen LogP contribution in [-0.4, -0.2) is 38.4 Å². The van der Waals surface area contributed by atoms with E-state index in [9.17, 15) is 31.1 Å². The number of imidazole rings is 1. The maximum absolute atomic E-state index is 13.2. The molecule has 31 heavy (non-hydrogen) atoms. The summed E-state index contributed by atoms with van der Waals surface area (Å²) >= 11 is 0. The highest BCUT2D eigenvalue weighted by atomic mass is 19.4. The number of carbonyl (C=O) groups is 1. The van der Waals surface area contributed by atoms with E-state index in [0.29, 0.717) is 0 Å². The van der Waals surface area contributed by atoms with Gasteiger partial charge in [-0.1, -0.05) is 6.07 Å². The van der Waals surface area contributed by atoms with Gasteiger partial charge in [-0.25, -0.2) is 4.98 Å². The maximum Gasteiger partial charge on any atom is 0.434 e. The molecule has 3 rings (SSSR count). The van der Waals surface area contributed by atoms with Crippen LogP contribution in [0.5, 0.6) is 5.75 Å². The highest BCUT2D eigenvalue weighted by Gasteiger charge is 2.40. The molecule has 2 aromatic heterocycles. The number of halogens is 6. The van der Waals surface area contributed by atoms with Gasteiger partial charge in [-0.2, -0.15) is 31.4 Å². The lowest BCUT2D eigenvalue weighted by molar-refractivity contribution is -0.189. The van der Waals surface area contributed by atoms with Crippen LogP contribution in [0, 0.1) is 6.92 Å². The number of alkyl halides is 6. The Morgan fingerprint density at radius 1 is 1.19 bits per heavy atom. The van der Waals surface area contributed by atoms with Crippen LogP contribution in [-0.2, 0) is 6.18 Å². The van der Waals surface area contributed by atoms with Gasteiger partial charge < -0.3 is 15.0 Å². The number of benzene rings is 1. The number of nitrogens with zero attached hydrogens (tertiary/aromatic N) is 2. The van der Waals surface area contributed by atoms with Crippen LogP contribution in [0.2, 0.25) is 0 Å². The zero-order chi connectivity index (χ0) is 23.0. The fourth-order valence-corrected chi connectivity index (χ4v) is 2.67. The van der Waals surface area contributed by atoms with Gasteiger partial charge in [-0.05, 0) is 26.0 Å². The number of aryl methyl sites for hydroxylation is 1. The van der Waals surface area contributed by atoms with Crippen LogP contribution in [0.3, 0.4) is 0 Å². The summed E-state index contributed by atoms with van der Waals surface area (Å²) in [6.07, 6.45) is -9.27. The largest absolute Gasteiger partial charge is 0.480 e. The second kappa shape index (κ2) is 7.96. The first kappa shape index (κ1) is 22.2. The summed E-state index contributed by atoms with van der Waals surface area (Å²) in [5.41, 5.74) is -2.29. The van der Waals surface area contributed by atoms with Crippen molar-refractivity contribution in [1.29, 1.82) is 0 Å². The van der Waals surface area contributed by atoms with Crippen molar-refractivity contribution in [2.75, 3.05) is 5.32 Å². The molecular formula is C18H15F6N5O2. The van der Waals surface area contributed by atoms with Crippen molar-refractivity contribution < 1.29 is 35.9 Å². The average molecular weight is 447 g/mol. The Bertz CT molecular complexity index is 1070. The molecule has 0 aliphatic carbocycles. The molecule has 1 amide bonds. The van der Waals surface area contributed by atoms with Crippen LogP contribution >= 0.6 is 0 Å². The number of aromatic nitrogens is 4.